The number of rotatable bonds is 3. The Hall–Kier alpha value is -2.30. The molecule has 0 atom stereocenters. The third-order valence-corrected chi connectivity index (χ3v) is 4.42. The first kappa shape index (κ1) is 14.6. The van der Waals surface area contributed by atoms with Crippen molar-refractivity contribution in [2.45, 2.75) is 31.7 Å². The summed E-state index contributed by atoms with van der Waals surface area (Å²) in [6, 6.07) is 8.37. The molecule has 1 aliphatic carbocycles. The molecule has 1 aliphatic rings. The molecule has 0 aliphatic heterocycles. The predicted molar refractivity (Wildman–Crippen MR) is 88.0 cm³/mol. The Balaban J connectivity index is 1.79. The van der Waals surface area contributed by atoms with Crippen molar-refractivity contribution in [3.05, 3.63) is 36.8 Å². The lowest BCUT2D eigenvalue weighted by atomic mass is 10.1. The van der Waals surface area contributed by atoms with E-state index in [9.17, 15) is 4.79 Å². The topological polar surface area (TPSA) is 50.2 Å². The summed E-state index contributed by atoms with van der Waals surface area (Å²) in [6.45, 7) is 0. The minimum atomic E-state index is -0.00424. The fraction of sp³-hybridized carbons (Fsp3) is 0.412. The maximum atomic E-state index is 12.5. The average Bonchev–Trinajstić information content (AvgIpc) is 3.25. The van der Waals surface area contributed by atoms with Gasteiger partial charge < -0.3 is 10.2 Å². The summed E-state index contributed by atoms with van der Waals surface area (Å²) in [4.78, 5) is 18.8. The van der Waals surface area contributed by atoms with Gasteiger partial charge in [0.2, 0.25) is 0 Å². The quantitative estimate of drug-likeness (QED) is 0.944. The summed E-state index contributed by atoms with van der Waals surface area (Å²) in [7, 11) is 3.78. The number of hydrogen-bond donors (Lipinski definition) is 1. The number of aromatic nitrogens is 2. The molecule has 2 aromatic rings. The van der Waals surface area contributed by atoms with Crippen LogP contribution in [0, 0.1) is 0 Å². The molecule has 3 rings (SSSR count). The first-order valence-electron chi connectivity index (χ1n) is 7.78. The summed E-state index contributed by atoms with van der Waals surface area (Å²) in [5.74, 6) is 0. The fourth-order valence-corrected chi connectivity index (χ4v) is 3.04. The minimum absolute atomic E-state index is 0.00424. The van der Waals surface area contributed by atoms with E-state index in [1.54, 1.807) is 10.9 Å². The highest BCUT2D eigenvalue weighted by Gasteiger charge is 2.24. The number of carbonyl (C=O) groups excluding carboxylic acids is 1. The highest BCUT2D eigenvalue weighted by atomic mass is 16.2. The van der Waals surface area contributed by atoms with Crippen molar-refractivity contribution in [2.24, 2.45) is 0 Å². The highest BCUT2D eigenvalue weighted by molar-refractivity contribution is 5.78. The van der Waals surface area contributed by atoms with E-state index in [-0.39, 0.29) is 6.03 Å². The second-order valence-corrected chi connectivity index (χ2v) is 5.83. The van der Waals surface area contributed by atoms with Gasteiger partial charge in [-0.25, -0.2) is 9.78 Å². The predicted octanol–water partition coefficient (Wildman–Crippen LogP) is 3.43. The zero-order valence-corrected chi connectivity index (χ0v) is 13.1. The van der Waals surface area contributed by atoms with Gasteiger partial charge in [-0.3, -0.25) is 4.57 Å². The molecule has 1 saturated carbocycles. The summed E-state index contributed by atoms with van der Waals surface area (Å²) in [6.07, 6.45) is 8.06. The third-order valence-electron chi connectivity index (χ3n) is 4.42. The van der Waals surface area contributed by atoms with Gasteiger partial charge in [0.25, 0.3) is 0 Å². The number of nitrogens with one attached hydrogen (secondary N) is 1. The number of carbonyl (C=O) groups is 1. The molecule has 22 heavy (non-hydrogen) atoms. The maximum Gasteiger partial charge on any atom is 0.329 e. The lowest BCUT2D eigenvalue weighted by molar-refractivity contribution is 0.192. The van der Waals surface area contributed by atoms with Crippen LogP contribution in [0.5, 0.6) is 0 Å². The Kier molecular flexibility index (Phi) is 4.13. The van der Waals surface area contributed by atoms with Crippen molar-refractivity contribution in [3.63, 3.8) is 0 Å². The number of benzene rings is 1. The number of anilines is 1. The van der Waals surface area contributed by atoms with E-state index in [2.05, 4.69) is 10.3 Å². The van der Waals surface area contributed by atoms with Gasteiger partial charge in [-0.15, -0.1) is 0 Å². The number of amides is 1. The van der Waals surface area contributed by atoms with E-state index in [1.807, 2.05) is 49.5 Å². The van der Waals surface area contributed by atoms with Crippen LogP contribution in [-0.2, 0) is 0 Å². The third kappa shape index (κ3) is 2.84. The molecule has 5 heteroatoms. The standard InChI is InChI=1S/C17H22N4O/c1-18-14-7-5-6-13(10-14)16-11-21(12-19-16)17(22)20(2)15-8-3-4-9-15/h5-7,10-12,15,18H,3-4,8-9H2,1-2H3. The van der Waals surface area contributed by atoms with Crippen LogP contribution >= 0.6 is 0 Å². The molecule has 5 nitrogen and oxygen atoms in total. The highest BCUT2D eigenvalue weighted by Crippen LogP contribution is 2.24. The molecule has 0 radical (unpaired) electrons. The smallest absolute Gasteiger partial charge is 0.329 e. The first-order valence-corrected chi connectivity index (χ1v) is 7.78. The minimum Gasteiger partial charge on any atom is -0.388 e. The lowest BCUT2D eigenvalue weighted by Crippen LogP contribution is -2.37. The van der Waals surface area contributed by atoms with Crippen molar-refractivity contribution >= 4 is 11.7 Å². The fourth-order valence-electron chi connectivity index (χ4n) is 3.04. The van der Waals surface area contributed by atoms with Crippen LogP contribution in [-0.4, -0.2) is 40.6 Å². The second-order valence-electron chi connectivity index (χ2n) is 5.83. The molecular weight excluding hydrogens is 276 g/mol. The molecule has 0 bridgehead atoms. The van der Waals surface area contributed by atoms with Gasteiger partial charge >= 0.3 is 6.03 Å². The van der Waals surface area contributed by atoms with Crippen LogP contribution in [0.2, 0.25) is 0 Å². The first-order chi connectivity index (χ1) is 10.7. The van der Waals surface area contributed by atoms with Gasteiger partial charge in [0.15, 0.2) is 0 Å². The molecule has 0 unspecified atom stereocenters. The van der Waals surface area contributed by atoms with Crippen LogP contribution in [0.25, 0.3) is 11.3 Å². The normalized spacial score (nSPS) is 15.0. The number of nitrogens with zero attached hydrogens (tertiary/aromatic N) is 3. The molecule has 0 spiro atoms. The van der Waals surface area contributed by atoms with Crippen LogP contribution < -0.4 is 5.32 Å². The zero-order valence-electron chi connectivity index (χ0n) is 13.1. The van der Waals surface area contributed by atoms with Crippen molar-refractivity contribution in [1.82, 2.24) is 14.5 Å². The second kappa shape index (κ2) is 6.22. The monoisotopic (exact) mass is 298 g/mol. The Bertz CT molecular complexity index is 658. The van der Waals surface area contributed by atoms with Gasteiger partial charge in [0.05, 0.1) is 5.69 Å². The van der Waals surface area contributed by atoms with E-state index in [4.69, 9.17) is 0 Å². The van der Waals surface area contributed by atoms with Gasteiger partial charge in [0, 0.05) is 37.6 Å². The van der Waals surface area contributed by atoms with Gasteiger partial charge in [-0.05, 0) is 25.0 Å². The molecule has 1 N–H and O–H groups in total. The lowest BCUT2D eigenvalue weighted by Gasteiger charge is -2.23. The number of imidazole rings is 1. The van der Waals surface area contributed by atoms with Crippen LogP contribution in [0.1, 0.15) is 25.7 Å². The molecular formula is C17H22N4O. The van der Waals surface area contributed by atoms with E-state index in [1.165, 1.54) is 12.8 Å². The SMILES string of the molecule is CNc1cccc(-c2cn(C(=O)N(C)C3CCCC3)cn2)c1. The summed E-state index contributed by atoms with van der Waals surface area (Å²) >= 11 is 0. The zero-order chi connectivity index (χ0) is 15.5. The van der Waals surface area contributed by atoms with Gasteiger partial charge in [-0.2, -0.15) is 0 Å². The summed E-state index contributed by atoms with van der Waals surface area (Å²) in [5, 5.41) is 3.11. The van der Waals surface area contributed by atoms with Crippen molar-refractivity contribution in [3.8, 4) is 11.3 Å². The van der Waals surface area contributed by atoms with E-state index < -0.39 is 0 Å². The largest absolute Gasteiger partial charge is 0.388 e. The molecule has 1 aromatic carbocycles. The molecule has 1 aromatic heterocycles. The van der Waals surface area contributed by atoms with Crippen LogP contribution in [0.3, 0.4) is 0 Å². The van der Waals surface area contributed by atoms with E-state index in [0.29, 0.717) is 6.04 Å². The maximum absolute atomic E-state index is 12.5. The van der Waals surface area contributed by atoms with E-state index >= 15 is 0 Å². The molecule has 1 heterocycles. The Morgan fingerprint density at radius 3 is 2.86 bits per heavy atom. The molecule has 116 valence electrons. The van der Waals surface area contributed by atoms with Crippen molar-refractivity contribution in [1.29, 1.82) is 0 Å². The number of hydrogen-bond acceptors (Lipinski definition) is 3. The van der Waals surface area contributed by atoms with Crippen LogP contribution in [0.4, 0.5) is 10.5 Å². The van der Waals surface area contributed by atoms with Crippen molar-refractivity contribution < 1.29 is 4.79 Å². The Morgan fingerprint density at radius 1 is 1.36 bits per heavy atom. The molecule has 0 saturated heterocycles. The average molecular weight is 298 g/mol. The van der Waals surface area contributed by atoms with Crippen LogP contribution in [0.15, 0.2) is 36.8 Å². The van der Waals surface area contributed by atoms with Crippen molar-refractivity contribution in [2.75, 3.05) is 19.4 Å². The summed E-state index contributed by atoms with van der Waals surface area (Å²) < 4.78 is 1.58. The van der Waals surface area contributed by atoms with E-state index in [0.717, 1.165) is 29.8 Å². The van der Waals surface area contributed by atoms with Gasteiger partial charge in [-0.1, -0.05) is 25.0 Å². The molecule has 1 amide bonds. The Labute approximate surface area is 131 Å². The summed E-state index contributed by atoms with van der Waals surface area (Å²) in [5.41, 5.74) is 2.84. The Morgan fingerprint density at radius 2 is 2.14 bits per heavy atom. The van der Waals surface area contributed by atoms with Gasteiger partial charge in [0.1, 0.15) is 6.33 Å². The molecule has 1 fully saturated rings.